The molecule has 3 rings (SSSR count). The Hall–Kier alpha value is -3.62. The summed E-state index contributed by atoms with van der Waals surface area (Å²) in [6.45, 7) is 8.15. The zero-order chi connectivity index (χ0) is 31.9. The van der Waals surface area contributed by atoms with Crippen molar-refractivity contribution in [1.82, 2.24) is 15.5 Å². The van der Waals surface area contributed by atoms with E-state index in [4.69, 9.17) is 0 Å². The molecule has 0 spiro atoms. The largest absolute Gasteiger partial charge is 0.390 e. The maximum Gasteiger partial charge on any atom is 0.227 e. The van der Waals surface area contributed by atoms with Crippen LogP contribution in [0.5, 0.6) is 0 Å². The summed E-state index contributed by atoms with van der Waals surface area (Å²) in [5.41, 5.74) is 3.36. The summed E-state index contributed by atoms with van der Waals surface area (Å²) in [6, 6.07) is 19.8. The van der Waals surface area contributed by atoms with Gasteiger partial charge in [-0.15, -0.1) is 0 Å². The lowest BCUT2D eigenvalue weighted by atomic mass is 9.91. The van der Waals surface area contributed by atoms with Crippen LogP contribution in [0, 0.1) is 11.6 Å². The molecular weight excluding hydrogens is 560 g/mol. The molecule has 8 heteroatoms. The molecule has 2 amide bonds. The first-order valence-corrected chi connectivity index (χ1v) is 15.8. The van der Waals surface area contributed by atoms with Gasteiger partial charge in [-0.2, -0.15) is 0 Å². The van der Waals surface area contributed by atoms with Crippen molar-refractivity contribution in [2.24, 2.45) is 0 Å². The lowest BCUT2D eigenvalue weighted by Crippen LogP contribution is -2.50. The van der Waals surface area contributed by atoms with Crippen LogP contribution in [0.3, 0.4) is 0 Å². The number of aryl methyl sites for hydroxylation is 1. The van der Waals surface area contributed by atoms with E-state index in [1.165, 1.54) is 17.7 Å². The van der Waals surface area contributed by atoms with Crippen LogP contribution in [0.4, 0.5) is 8.78 Å². The topological polar surface area (TPSA) is 81.7 Å². The van der Waals surface area contributed by atoms with E-state index in [1.54, 1.807) is 0 Å². The molecular formula is C36H47F2N3O3. The molecule has 0 aliphatic rings. The van der Waals surface area contributed by atoms with E-state index in [-0.39, 0.29) is 31.2 Å². The van der Waals surface area contributed by atoms with Crippen LogP contribution >= 0.6 is 0 Å². The van der Waals surface area contributed by atoms with Crippen LogP contribution in [0.15, 0.2) is 72.8 Å². The highest BCUT2D eigenvalue weighted by Crippen LogP contribution is 2.23. The molecule has 3 aromatic rings. The van der Waals surface area contributed by atoms with E-state index in [0.717, 1.165) is 36.5 Å². The van der Waals surface area contributed by atoms with Gasteiger partial charge in [0.05, 0.1) is 18.1 Å². The van der Waals surface area contributed by atoms with Gasteiger partial charge in [-0.05, 0) is 66.5 Å². The second-order valence-corrected chi connectivity index (χ2v) is 11.4. The Kier molecular flexibility index (Phi) is 14.5. The van der Waals surface area contributed by atoms with Crippen LogP contribution in [-0.4, -0.2) is 53.6 Å². The average Bonchev–Trinajstić information content (AvgIpc) is 3.00. The highest BCUT2D eigenvalue weighted by Gasteiger charge is 2.28. The van der Waals surface area contributed by atoms with Crippen LogP contribution in [0.2, 0.25) is 0 Å². The summed E-state index contributed by atoms with van der Waals surface area (Å²) in [6.07, 6.45) is 2.09. The second-order valence-electron chi connectivity index (χ2n) is 11.4. The number of aliphatic hydroxyl groups is 1. The minimum Gasteiger partial charge on any atom is -0.390 e. The van der Waals surface area contributed by atoms with Gasteiger partial charge in [0.2, 0.25) is 11.8 Å². The fraction of sp³-hybridized carbons (Fsp3) is 0.444. The molecule has 0 heterocycles. The van der Waals surface area contributed by atoms with Crippen molar-refractivity contribution in [3.05, 3.63) is 107 Å². The number of carbonyl (C=O) groups is 2. The number of hydrogen-bond donors (Lipinski definition) is 3. The smallest absolute Gasteiger partial charge is 0.227 e. The van der Waals surface area contributed by atoms with E-state index in [9.17, 15) is 23.5 Å². The fourth-order valence-corrected chi connectivity index (χ4v) is 5.48. The maximum atomic E-state index is 14.1. The number of rotatable bonds is 18. The third-order valence-electron chi connectivity index (χ3n) is 7.76. The van der Waals surface area contributed by atoms with Crippen molar-refractivity contribution >= 4 is 11.8 Å². The summed E-state index contributed by atoms with van der Waals surface area (Å²) in [7, 11) is 0. The third-order valence-corrected chi connectivity index (χ3v) is 7.76. The molecule has 238 valence electrons. The Labute approximate surface area is 260 Å². The first kappa shape index (κ1) is 34.9. The monoisotopic (exact) mass is 607 g/mol. The van der Waals surface area contributed by atoms with Gasteiger partial charge >= 0.3 is 0 Å². The van der Waals surface area contributed by atoms with E-state index in [1.807, 2.05) is 61.2 Å². The van der Waals surface area contributed by atoms with Crippen LogP contribution < -0.4 is 10.6 Å². The molecule has 0 bridgehead atoms. The normalized spacial score (nSPS) is 13.2. The average molecular weight is 608 g/mol. The number of nitrogens with one attached hydrogen (secondary N) is 2. The minimum atomic E-state index is -1.05. The predicted molar refractivity (Wildman–Crippen MR) is 171 cm³/mol. The third kappa shape index (κ3) is 11.1. The van der Waals surface area contributed by atoms with Gasteiger partial charge in [-0.25, -0.2) is 8.78 Å². The van der Waals surface area contributed by atoms with Crippen molar-refractivity contribution in [1.29, 1.82) is 0 Å². The Morgan fingerprint density at radius 3 is 2.14 bits per heavy atom. The first-order valence-electron chi connectivity index (χ1n) is 15.8. The van der Waals surface area contributed by atoms with Crippen LogP contribution in [0.25, 0.3) is 0 Å². The Balaban J connectivity index is 1.78. The van der Waals surface area contributed by atoms with Crippen LogP contribution in [0.1, 0.15) is 74.6 Å². The molecule has 6 nitrogen and oxygen atoms in total. The summed E-state index contributed by atoms with van der Waals surface area (Å²) in [5, 5.41) is 17.5. The number of halogens is 2. The molecule has 3 N–H and O–H groups in total. The Morgan fingerprint density at radius 1 is 0.841 bits per heavy atom. The Morgan fingerprint density at radius 2 is 1.50 bits per heavy atom. The summed E-state index contributed by atoms with van der Waals surface area (Å²) in [4.78, 5) is 28.8. The number of aliphatic hydroxyl groups excluding tert-OH is 1. The number of carbonyl (C=O) groups excluding carboxylic acids is 2. The summed E-state index contributed by atoms with van der Waals surface area (Å²) in [5.74, 6) is -2.44. The zero-order valence-electron chi connectivity index (χ0n) is 26.2. The summed E-state index contributed by atoms with van der Waals surface area (Å²) >= 11 is 0. The van der Waals surface area contributed by atoms with Crippen molar-refractivity contribution in [3.8, 4) is 0 Å². The van der Waals surface area contributed by atoms with Crippen molar-refractivity contribution in [2.75, 3.05) is 19.6 Å². The highest BCUT2D eigenvalue weighted by molar-refractivity contribution is 5.85. The van der Waals surface area contributed by atoms with Gasteiger partial charge in [0.25, 0.3) is 0 Å². The molecule has 3 unspecified atom stereocenters. The van der Waals surface area contributed by atoms with Gasteiger partial charge in [-0.3, -0.25) is 9.59 Å². The molecule has 3 aromatic carbocycles. The SMILES string of the molecule is CCCN(CCC)C(=O)CCC(C(=O)NC(Cc1cc(F)cc(F)c1)C(O)CNCc1cccc(CC)c1)c1ccccc1. The van der Waals surface area contributed by atoms with Gasteiger partial charge in [-0.1, -0.05) is 75.4 Å². The fourth-order valence-electron chi connectivity index (χ4n) is 5.48. The molecule has 0 radical (unpaired) electrons. The molecule has 0 aromatic heterocycles. The van der Waals surface area contributed by atoms with E-state index in [2.05, 4.69) is 29.7 Å². The highest BCUT2D eigenvalue weighted by atomic mass is 19.1. The van der Waals surface area contributed by atoms with E-state index >= 15 is 0 Å². The zero-order valence-corrected chi connectivity index (χ0v) is 26.2. The van der Waals surface area contributed by atoms with Gasteiger partial charge in [0.15, 0.2) is 0 Å². The predicted octanol–water partition coefficient (Wildman–Crippen LogP) is 5.92. The number of amides is 2. The molecule has 44 heavy (non-hydrogen) atoms. The van der Waals surface area contributed by atoms with Crippen molar-refractivity contribution in [3.63, 3.8) is 0 Å². The maximum absolute atomic E-state index is 14.1. The molecule has 0 aliphatic heterocycles. The minimum absolute atomic E-state index is 0.00518. The standard InChI is InChI=1S/C36H47F2N3O3/c1-4-17-41(18-5-2)35(43)16-15-32(29-13-8-7-9-14-29)36(44)40-33(22-28-20-30(37)23-31(38)21-28)34(42)25-39-24-27-12-10-11-26(6-3)19-27/h7-14,19-21,23,32-34,39,42H,4-6,15-18,22,24-25H2,1-3H3,(H,40,44). The second kappa shape index (κ2) is 18.2. The van der Waals surface area contributed by atoms with Crippen molar-refractivity contribution < 1.29 is 23.5 Å². The lowest BCUT2D eigenvalue weighted by molar-refractivity contribution is -0.131. The molecule has 0 saturated carbocycles. The van der Waals surface area contributed by atoms with E-state index in [0.29, 0.717) is 31.6 Å². The van der Waals surface area contributed by atoms with E-state index < -0.39 is 29.7 Å². The van der Waals surface area contributed by atoms with Gasteiger partial charge < -0.3 is 20.6 Å². The molecule has 0 fully saturated rings. The molecule has 0 aliphatic carbocycles. The lowest BCUT2D eigenvalue weighted by Gasteiger charge is -2.28. The van der Waals surface area contributed by atoms with Crippen molar-refractivity contribution in [2.45, 2.75) is 83.9 Å². The molecule has 0 saturated heterocycles. The van der Waals surface area contributed by atoms with Gasteiger partial charge in [0, 0.05) is 38.7 Å². The number of hydrogen-bond acceptors (Lipinski definition) is 4. The van der Waals surface area contributed by atoms with Crippen LogP contribution in [-0.2, 0) is 29.0 Å². The number of benzene rings is 3. The van der Waals surface area contributed by atoms with Gasteiger partial charge in [0.1, 0.15) is 11.6 Å². The summed E-state index contributed by atoms with van der Waals surface area (Å²) < 4.78 is 28.1. The number of nitrogens with zero attached hydrogens (tertiary/aromatic N) is 1. The quantitative estimate of drug-likeness (QED) is 0.168. The first-order chi connectivity index (χ1) is 21.2. The molecule has 3 atom stereocenters. The Bertz CT molecular complexity index is 1290.